The number of H-pyrrole nitrogens is 1. The van der Waals surface area contributed by atoms with Crippen molar-refractivity contribution in [1.29, 1.82) is 0 Å². The second-order valence-electron chi connectivity index (χ2n) is 5.07. The van der Waals surface area contributed by atoms with Gasteiger partial charge in [0.25, 0.3) is 0 Å². The van der Waals surface area contributed by atoms with E-state index in [1.807, 2.05) is 18.2 Å². The lowest BCUT2D eigenvalue weighted by atomic mass is 10.1. The highest BCUT2D eigenvalue weighted by molar-refractivity contribution is 5.80. The number of hydrogen-bond donors (Lipinski definition) is 3. The zero-order valence-corrected chi connectivity index (χ0v) is 11.0. The van der Waals surface area contributed by atoms with Gasteiger partial charge in [-0.05, 0) is 43.9 Å². The van der Waals surface area contributed by atoms with Crippen molar-refractivity contribution in [3.8, 4) is 0 Å². The minimum Gasteiger partial charge on any atom is -0.399 e. The highest BCUT2D eigenvalue weighted by Crippen LogP contribution is 2.18. The Hall–Kier alpha value is -1.75. The minimum absolute atomic E-state index is 0.404. The summed E-state index contributed by atoms with van der Waals surface area (Å²) < 4.78 is 5.70. The molecule has 1 fully saturated rings. The van der Waals surface area contributed by atoms with Gasteiger partial charge in [0.2, 0.25) is 5.95 Å². The second kappa shape index (κ2) is 5.48. The third kappa shape index (κ3) is 2.98. The number of rotatable bonds is 4. The van der Waals surface area contributed by atoms with E-state index in [0.29, 0.717) is 6.10 Å². The predicted octanol–water partition coefficient (Wildman–Crippen LogP) is 2.52. The van der Waals surface area contributed by atoms with Gasteiger partial charge in [-0.25, -0.2) is 4.98 Å². The summed E-state index contributed by atoms with van der Waals surface area (Å²) in [6, 6.07) is 5.69. The number of hydrogen-bond acceptors (Lipinski definition) is 4. The quantitative estimate of drug-likeness (QED) is 0.738. The highest BCUT2D eigenvalue weighted by Gasteiger charge is 2.13. The molecule has 1 aromatic heterocycles. The fourth-order valence-corrected chi connectivity index (χ4v) is 2.50. The number of aromatic amines is 1. The number of nitrogens with two attached hydrogens (primary N) is 1. The maximum absolute atomic E-state index is 5.75. The molecule has 1 aliphatic rings. The first-order valence-corrected chi connectivity index (χ1v) is 6.92. The first-order chi connectivity index (χ1) is 9.31. The van der Waals surface area contributed by atoms with Crippen LogP contribution in [0.4, 0.5) is 11.6 Å². The summed E-state index contributed by atoms with van der Waals surface area (Å²) >= 11 is 0. The Morgan fingerprint density at radius 2 is 2.37 bits per heavy atom. The van der Waals surface area contributed by atoms with Crippen LogP contribution in [0.3, 0.4) is 0 Å². The molecule has 5 nitrogen and oxygen atoms in total. The Morgan fingerprint density at radius 3 is 3.21 bits per heavy atom. The summed E-state index contributed by atoms with van der Waals surface area (Å²) in [5.41, 5.74) is 8.40. The van der Waals surface area contributed by atoms with Crippen LogP contribution >= 0.6 is 0 Å². The number of nitrogens with one attached hydrogen (secondary N) is 2. The SMILES string of the molecule is Nc1ccc2nc(NCCC3CCCCO3)[nH]c2c1. The monoisotopic (exact) mass is 260 g/mol. The number of nitrogen functional groups attached to an aromatic ring is 1. The maximum Gasteiger partial charge on any atom is 0.201 e. The zero-order chi connectivity index (χ0) is 13.1. The molecule has 0 saturated carbocycles. The summed E-state index contributed by atoms with van der Waals surface area (Å²) in [5, 5.41) is 3.31. The van der Waals surface area contributed by atoms with E-state index in [-0.39, 0.29) is 0 Å². The Labute approximate surface area is 112 Å². The normalized spacial score (nSPS) is 19.7. The van der Waals surface area contributed by atoms with Gasteiger partial charge in [-0.1, -0.05) is 0 Å². The average molecular weight is 260 g/mol. The van der Waals surface area contributed by atoms with E-state index in [1.165, 1.54) is 19.3 Å². The van der Waals surface area contributed by atoms with E-state index in [4.69, 9.17) is 10.5 Å². The molecular weight excluding hydrogens is 240 g/mol. The van der Waals surface area contributed by atoms with Crippen LogP contribution < -0.4 is 11.1 Å². The van der Waals surface area contributed by atoms with Crippen LogP contribution in [0.15, 0.2) is 18.2 Å². The smallest absolute Gasteiger partial charge is 0.201 e. The summed E-state index contributed by atoms with van der Waals surface area (Å²) in [6.45, 7) is 1.79. The van der Waals surface area contributed by atoms with Crippen LogP contribution in [0.2, 0.25) is 0 Å². The molecule has 19 heavy (non-hydrogen) atoms. The minimum atomic E-state index is 0.404. The molecule has 5 heteroatoms. The van der Waals surface area contributed by atoms with E-state index in [9.17, 15) is 0 Å². The molecule has 1 atom stereocenters. The van der Waals surface area contributed by atoms with E-state index in [2.05, 4.69) is 15.3 Å². The average Bonchev–Trinajstić information content (AvgIpc) is 2.82. The van der Waals surface area contributed by atoms with Crippen LogP contribution in [0.5, 0.6) is 0 Å². The van der Waals surface area contributed by atoms with Gasteiger partial charge in [0.05, 0.1) is 17.1 Å². The Morgan fingerprint density at radius 1 is 1.42 bits per heavy atom. The first-order valence-electron chi connectivity index (χ1n) is 6.92. The van der Waals surface area contributed by atoms with Crippen molar-refractivity contribution in [2.45, 2.75) is 31.8 Å². The van der Waals surface area contributed by atoms with Crippen molar-refractivity contribution in [2.24, 2.45) is 0 Å². The highest BCUT2D eigenvalue weighted by atomic mass is 16.5. The Balaban J connectivity index is 1.56. The van der Waals surface area contributed by atoms with E-state index >= 15 is 0 Å². The summed E-state index contributed by atoms with van der Waals surface area (Å²) in [5.74, 6) is 0.802. The van der Waals surface area contributed by atoms with Crippen molar-refractivity contribution in [1.82, 2.24) is 9.97 Å². The van der Waals surface area contributed by atoms with Crippen molar-refractivity contribution in [3.05, 3.63) is 18.2 Å². The summed E-state index contributed by atoms with van der Waals surface area (Å²) in [4.78, 5) is 7.70. The van der Waals surface area contributed by atoms with Gasteiger partial charge in [-0.2, -0.15) is 0 Å². The fraction of sp³-hybridized carbons (Fsp3) is 0.500. The first kappa shape index (κ1) is 12.3. The van der Waals surface area contributed by atoms with Gasteiger partial charge in [0, 0.05) is 18.8 Å². The van der Waals surface area contributed by atoms with Gasteiger partial charge >= 0.3 is 0 Å². The fourth-order valence-electron chi connectivity index (χ4n) is 2.50. The second-order valence-corrected chi connectivity index (χ2v) is 5.07. The lowest BCUT2D eigenvalue weighted by Gasteiger charge is -2.22. The van der Waals surface area contributed by atoms with Crippen LogP contribution in [0, 0.1) is 0 Å². The molecule has 3 rings (SSSR count). The molecule has 1 aliphatic heterocycles. The molecule has 1 unspecified atom stereocenters. The zero-order valence-electron chi connectivity index (χ0n) is 11.0. The molecule has 4 N–H and O–H groups in total. The van der Waals surface area contributed by atoms with Gasteiger partial charge in [-0.15, -0.1) is 0 Å². The van der Waals surface area contributed by atoms with Crippen LogP contribution in [-0.2, 0) is 4.74 Å². The van der Waals surface area contributed by atoms with Crippen molar-refractivity contribution in [3.63, 3.8) is 0 Å². The molecule has 0 bridgehead atoms. The number of fused-ring (bicyclic) bond motifs is 1. The van der Waals surface area contributed by atoms with Crippen LogP contribution in [0.25, 0.3) is 11.0 Å². The molecule has 102 valence electrons. The third-order valence-electron chi connectivity index (χ3n) is 3.54. The van der Waals surface area contributed by atoms with Gasteiger partial charge in [0.1, 0.15) is 0 Å². The molecule has 0 spiro atoms. The summed E-state index contributed by atoms with van der Waals surface area (Å²) in [7, 11) is 0. The molecule has 0 amide bonds. The number of benzene rings is 1. The van der Waals surface area contributed by atoms with Crippen molar-refractivity contribution < 1.29 is 4.74 Å². The summed E-state index contributed by atoms with van der Waals surface area (Å²) in [6.07, 6.45) is 5.10. The molecule has 1 aromatic carbocycles. The van der Waals surface area contributed by atoms with E-state index in [1.54, 1.807) is 0 Å². The van der Waals surface area contributed by atoms with Crippen LogP contribution in [0.1, 0.15) is 25.7 Å². The van der Waals surface area contributed by atoms with Crippen LogP contribution in [-0.4, -0.2) is 29.2 Å². The lowest BCUT2D eigenvalue weighted by molar-refractivity contribution is 0.0134. The Bertz CT molecular complexity index is 545. The van der Waals surface area contributed by atoms with E-state index in [0.717, 1.165) is 42.2 Å². The number of aromatic nitrogens is 2. The molecule has 2 heterocycles. The topological polar surface area (TPSA) is 76.0 Å². The maximum atomic E-state index is 5.75. The number of anilines is 2. The van der Waals surface area contributed by atoms with E-state index < -0.39 is 0 Å². The third-order valence-corrected chi connectivity index (χ3v) is 3.54. The number of nitrogens with zero attached hydrogens (tertiary/aromatic N) is 1. The van der Waals surface area contributed by atoms with Crippen molar-refractivity contribution in [2.75, 3.05) is 24.2 Å². The molecule has 2 aromatic rings. The number of imidazole rings is 1. The predicted molar refractivity (Wildman–Crippen MR) is 77.2 cm³/mol. The standard InChI is InChI=1S/C14H20N4O/c15-10-4-5-12-13(9-10)18-14(17-12)16-7-6-11-3-1-2-8-19-11/h4-5,9,11H,1-3,6-8,15H2,(H2,16,17,18). The van der Waals surface area contributed by atoms with Gasteiger partial charge < -0.3 is 20.8 Å². The molecule has 0 radical (unpaired) electrons. The van der Waals surface area contributed by atoms with Gasteiger partial charge in [-0.3, -0.25) is 0 Å². The van der Waals surface area contributed by atoms with Gasteiger partial charge in [0.15, 0.2) is 0 Å². The Kier molecular flexibility index (Phi) is 3.55. The lowest BCUT2D eigenvalue weighted by Crippen LogP contribution is -2.22. The molecular formula is C14H20N4O. The largest absolute Gasteiger partial charge is 0.399 e. The number of ether oxygens (including phenoxy) is 1. The molecule has 0 aliphatic carbocycles. The van der Waals surface area contributed by atoms with Crippen molar-refractivity contribution >= 4 is 22.7 Å². The molecule has 1 saturated heterocycles.